The maximum Gasteiger partial charge on any atom is 0.573 e. The molecule has 2 aromatic carbocycles. The van der Waals surface area contributed by atoms with Crippen molar-refractivity contribution in [3.8, 4) is 5.75 Å². The first-order chi connectivity index (χ1) is 16.9. The number of alkyl halides is 3. The van der Waals surface area contributed by atoms with Crippen molar-refractivity contribution in [2.24, 2.45) is 0 Å². The molecule has 1 aliphatic heterocycles. The van der Waals surface area contributed by atoms with Gasteiger partial charge in [-0.2, -0.15) is 0 Å². The monoisotopic (exact) mass is 481 g/mol. The molecule has 1 saturated heterocycles. The molecular weight excluding hydrogens is 459 g/mol. The topological polar surface area (TPSA) is 79.3 Å². The molecule has 2 aromatic heterocycles. The van der Waals surface area contributed by atoms with Crippen LogP contribution in [0.5, 0.6) is 5.75 Å². The molecule has 0 amide bonds. The van der Waals surface area contributed by atoms with Gasteiger partial charge in [0.25, 0.3) is 0 Å². The van der Waals surface area contributed by atoms with Crippen LogP contribution in [0, 0.1) is 0 Å². The van der Waals surface area contributed by atoms with Gasteiger partial charge in [0.15, 0.2) is 0 Å². The van der Waals surface area contributed by atoms with Crippen LogP contribution in [0.1, 0.15) is 5.82 Å². The SMILES string of the molecule is FC(F)(F)Oc1ccc(Nc2nc(CN3CCN(c4ncccn4)CC3)nc3ccccc23)cc1. The minimum absolute atomic E-state index is 0.281. The number of para-hydroxylation sites is 1. The third kappa shape index (κ3) is 5.75. The zero-order valence-corrected chi connectivity index (χ0v) is 18.6. The van der Waals surface area contributed by atoms with E-state index in [0.29, 0.717) is 23.9 Å². The Hall–Kier alpha value is -3.99. The summed E-state index contributed by atoms with van der Waals surface area (Å²) in [5, 5.41) is 4.03. The van der Waals surface area contributed by atoms with Crippen LogP contribution in [-0.2, 0) is 6.54 Å². The van der Waals surface area contributed by atoms with Gasteiger partial charge in [-0.1, -0.05) is 12.1 Å². The molecule has 180 valence electrons. The summed E-state index contributed by atoms with van der Waals surface area (Å²) in [6, 6.07) is 15.0. The van der Waals surface area contributed by atoms with Crippen molar-refractivity contribution >= 4 is 28.4 Å². The lowest BCUT2D eigenvalue weighted by Gasteiger charge is -2.34. The number of aromatic nitrogens is 4. The molecule has 0 aliphatic carbocycles. The Balaban J connectivity index is 1.31. The maximum absolute atomic E-state index is 12.4. The van der Waals surface area contributed by atoms with Gasteiger partial charge in [-0.3, -0.25) is 4.90 Å². The Morgan fingerprint density at radius 3 is 2.29 bits per heavy atom. The fourth-order valence-electron chi connectivity index (χ4n) is 3.93. The second kappa shape index (κ2) is 9.71. The van der Waals surface area contributed by atoms with Gasteiger partial charge in [-0.15, -0.1) is 13.2 Å². The Morgan fingerprint density at radius 2 is 1.57 bits per heavy atom. The van der Waals surface area contributed by atoms with Crippen molar-refractivity contribution in [1.82, 2.24) is 24.8 Å². The van der Waals surface area contributed by atoms with Gasteiger partial charge in [0, 0.05) is 49.6 Å². The number of nitrogens with one attached hydrogen (secondary N) is 1. The number of nitrogens with zero attached hydrogens (tertiary/aromatic N) is 6. The largest absolute Gasteiger partial charge is 0.573 e. The van der Waals surface area contributed by atoms with Crippen molar-refractivity contribution in [3.05, 3.63) is 72.8 Å². The molecule has 3 heterocycles. The van der Waals surface area contributed by atoms with Crippen LogP contribution in [0.3, 0.4) is 0 Å². The van der Waals surface area contributed by atoms with Crippen LogP contribution >= 0.6 is 0 Å². The predicted octanol–water partition coefficient (Wildman–Crippen LogP) is 4.38. The van der Waals surface area contributed by atoms with E-state index in [4.69, 9.17) is 9.97 Å². The van der Waals surface area contributed by atoms with Crippen molar-refractivity contribution in [2.45, 2.75) is 12.9 Å². The molecule has 4 aromatic rings. The van der Waals surface area contributed by atoms with Gasteiger partial charge in [-0.25, -0.2) is 19.9 Å². The molecule has 0 spiro atoms. The van der Waals surface area contributed by atoms with Crippen molar-refractivity contribution in [3.63, 3.8) is 0 Å². The Labute approximate surface area is 199 Å². The van der Waals surface area contributed by atoms with E-state index in [1.165, 1.54) is 24.3 Å². The third-order valence-corrected chi connectivity index (χ3v) is 5.57. The lowest BCUT2D eigenvalue weighted by Crippen LogP contribution is -2.46. The van der Waals surface area contributed by atoms with E-state index in [-0.39, 0.29) is 5.75 Å². The number of piperazine rings is 1. The molecule has 11 heteroatoms. The normalized spacial score (nSPS) is 14.8. The number of ether oxygens (including phenoxy) is 1. The molecule has 0 unspecified atom stereocenters. The lowest BCUT2D eigenvalue weighted by atomic mass is 10.2. The van der Waals surface area contributed by atoms with Crippen LogP contribution in [0.2, 0.25) is 0 Å². The Kier molecular flexibility index (Phi) is 6.32. The molecule has 0 atom stereocenters. The van der Waals surface area contributed by atoms with E-state index >= 15 is 0 Å². The van der Waals surface area contributed by atoms with E-state index in [1.807, 2.05) is 24.3 Å². The highest BCUT2D eigenvalue weighted by Gasteiger charge is 2.31. The van der Waals surface area contributed by atoms with E-state index in [0.717, 1.165) is 43.0 Å². The highest BCUT2D eigenvalue weighted by Crippen LogP contribution is 2.27. The van der Waals surface area contributed by atoms with Crippen LogP contribution < -0.4 is 15.0 Å². The minimum Gasteiger partial charge on any atom is -0.406 e. The molecule has 5 rings (SSSR count). The predicted molar refractivity (Wildman–Crippen MR) is 125 cm³/mol. The number of benzene rings is 2. The third-order valence-electron chi connectivity index (χ3n) is 5.57. The van der Waals surface area contributed by atoms with Crippen LogP contribution in [0.4, 0.5) is 30.6 Å². The number of hydrogen-bond acceptors (Lipinski definition) is 8. The summed E-state index contributed by atoms with van der Waals surface area (Å²) in [7, 11) is 0. The second-order valence-electron chi connectivity index (χ2n) is 8.01. The quantitative estimate of drug-likeness (QED) is 0.435. The number of anilines is 3. The highest BCUT2D eigenvalue weighted by atomic mass is 19.4. The average Bonchev–Trinajstić information content (AvgIpc) is 2.85. The molecule has 0 bridgehead atoms. The molecule has 8 nitrogen and oxygen atoms in total. The Bertz CT molecular complexity index is 1280. The Morgan fingerprint density at radius 1 is 0.857 bits per heavy atom. The van der Waals surface area contributed by atoms with Crippen molar-refractivity contribution in [1.29, 1.82) is 0 Å². The minimum atomic E-state index is -4.73. The van der Waals surface area contributed by atoms with Gasteiger partial charge in [-0.05, 0) is 42.5 Å². The number of hydrogen-bond donors (Lipinski definition) is 1. The summed E-state index contributed by atoms with van der Waals surface area (Å²) in [4.78, 5) is 22.5. The molecule has 1 N–H and O–H groups in total. The van der Waals surface area contributed by atoms with Gasteiger partial charge >= 0.3 is 6.36 Å². The van der Waals surface area contributed by atoms with Gasteiger partial charge in [0.2, 0.25) is 5.95 Å². The number of fused-ring (bicyclic) bond motifs is 1. The van der Waals surface area contributed by atoms with E-state index in [9.17, 15) is 13.2 Å². The summed E-state index contributed by atoms with van der Waals surface area (Å²) < 4.78 is 41.3. The summed E-state index contributed by atoms with van der Waals surface area (Å²) in [5.74, 6) is 1.70. The summed E-state index contributed by atoms with van der Waals surface area (Å²) in [6.45, 7) is 3.81. The van der Waals surface area contributed by atoms with E-state index < -0.39 is 6.36 Å². The fourth-order valence-corrected chi connectivity index (χ4v) is 3.93. The average molecular weight is 481 g/mol. The lowest BCUT2D eigenvalue weighted by molar-refractivity contribution is -0.274. The zero-order chi connectivity index (χ0) is 24.3. The molecule has 1 aliphatic rings. The van der Waals surface area contributed by atoms with Crippen molar-refractivity contribution < 1.29 is 17.9 Å². The fraction of sp³-hybridized carbons (Fsp3) is 0.250. The van der Waals surface area contributed by atoms with Crippen LogP contribution in [-0.4, -0.2) is 57.4 Å². The smallest absolute Gasteiger partial charge is 0.406 e. The first-order valence-electron chi connectivity index (χ1n) is 11.1. The highest BCUT2D eigenvalue weighted by molar-refractivity contribution is 5.90. The first kappa shape index (κ1) is 22.8. The van der Waals surface area contributed by atoms with Crippen molar-refractivity contribution in [2.75, 3.05) is 36.4 Å². The van der Waals surface area contributed by atoms with Gasteiger partial charge in [0.1, 0.15) is 17.4 Å². The zero-order valence-electron chi connectivity index (χ0n) is 18.6. The van der Waals surface area contributed by atoms with Crippen LogP contribution in [0.15, 0.2) is 67.0 Å². The number of rotatable bonds is 6. The molecule has 0 saturated carbocycles. The number of halogens is 3. The molecular formula is C24H22F3N7O. The van der Waals surface area contributed by atoms with Gasteiger partial charge < -0.3 is 15.0 Å². The van der Waals surface area contributed by atoms with Gasteiger partial charge in [0.05, 0.1) is 12.1 Å². The van der Waals surface area contributed by atoms with E-state index in [1.54, 1.807) is 18.5 Å². The molecule has 0 radical (unpaired) electrons. The standard InChI is InChI=1S/C24H22F3N7O/c25-24(26,27)35-18-8-6-17(7-9-18)30-22-19-4-1-2-5-20(19)31-21(32-22)16-33-12-14-34(15-13-33)23-28-10-3-11-29-23/h1-11H,12-16H2,(H,30,31,32). The summed E-state index contributed by atoms with van der Waals surface area (Å²) in [6.07, 6.45) is -1.25. The van der Waals surface area contributed by atoms with E-state index in [2.05, 4.69) is 29.8 Å². The maximum atomic E-state index is 12.4. The summed E-state index contributed by atoms with van der Waals surface area (Å²) in [5.41, 5.74) is 1.37. The molecule has 1 fully saturated rings. The summed E-state index contributed by atoms with van der Waals surface area (Å²) >= 11 is 0. The van der Waals surface area contributed by atoms with Crippen LogP contribution in [0.25, 0.3) is 10.9 Å². The molecule has 35 heavy (non-hydrogen) atoms. The first-order valence-corrected chi connectivity index (χ1v) is 11.1. The second-order valence-corrected chi connectivity index (χ2v) is 8.01.